The van der Waals surface area contributed by atoms with E-state index in [0.717, 1.165) is 13.2 Å². The van der Waals surface area contributed by atoms with Gasteiger partial charge in [-0.3, -0.25) is 4.90 Å². The first-order valence-corrected chi connectivity index (χ1v) is 7.72. The van der Waals surface area contributed by atoms with E-state index in [9.17, 15) is 0 Å². The van der Waals surface area contributed by atoms with Crippen LogP contribution in [0.4, 0.5) is 0 Å². The molecule has 2 aromatic rings. The summed E-state index contributed by atoms with van der Waals surface area (Å²) in [5, 5.41) is 0. The van der Waals surface area contributed by atoms with E-state index in [4.69, 9.17) is 4.74 Å². The molecule has 0 saturated carbocycles. The van der Waals surface area contributed by atoms with E-state index in [1.165, 1.54) is 11.1 Å². The van der Waals surface area contributed by atoms with E-state index in [1.54, 1.807) is 0 Å². The minimum Gasteiger partial charge on any atom is -0.357 e. The van der Waals surface area contributed by atoms with Crippen molar-refractivity contribution in [2.75, 3.05) is 6.61 Å². The lowest BCUT2D eigenvalue weighted by atomic mass is 10.0. The van der Waals surface area contributed by atoms with Crippen LogP contribution in [0.5, 0.6) is 0 Å². The molecule has 1 aliphatic heterocycles. The minimum absolute atomic E-state index is 0.0683. The Morgan fingerprint density at radius 1 is 1.00 bits per heavy atom. The van der Waals surface area contributed by atoms with Crippen molar-refractivity contribution in [1.82, 2.24) is 4.90 Å². The Morgan fingerprint density at radius 2 is 1.62 bits per heavy atom. The third kappa shape index (κ3) is 3.17. The fourth-order valence-corrected chi connectivity index (χ4v) is 3.03. The molecule has 1 unspecified atom stereocenters. The van der Waals surface area contributed by atoms with E-state index < -0.39 is 0 Å². The number of rotatable bonds is 4. The van der Waals surface area contributed by atoms with Gasteiger partial charge in [0.1, 0.15) is 6.23 Å². The van der Waals surface area contributed by atoms with Gasteiger partial charge >= 0.3 is 0 Å². The molecule has 0 spiro atoms. The van der Waals surface area contributed by atoms with Crippen LogP contribution in [-0.2, 0) is 11.3 Å². The molecule has 2 atom stereocenters. The van der Waals surface area contributed by atoms with Crippen molar-refractivity contribution in [3.05, 3.63) is 71.8 Å². The molecule has 0 bridgehead atoms. The first kappa shape index (κ1) is 14.3. The van der Waals surface area contributed by atoms with Crippen molar-refractivity contribution in [3.63, 3.8) is 0 Å². The zero-order chi connectivity index (χ0) is 14.7. The number of hydrogen-bond acceptors (Lipinski definition) is 2. The maximum Gasteiger partial charge on any atom is 0.137 e. The van der Waals surface area contributed by atoms with Crippen LogP contribution in [0.2, 0.25) is 0 Å². The highest BCUT2D eigenvalue weighted by atomic mass is 16.5. The van der Waals surface area contributed by atoms with Crippen LogP contribution in [0.15, 0.2) is 60.7 Å². The lowest BCUT2D eigenvalue weighted by Crippen LogP contribution is -2.36. The van der Waals surface area contributed by atoms with Gasteiger partial charge in [-0.25, -0.2) is 0 Å². The Bertz CT molecular complexity index is 552. The van der Waals surface area contributed by atoms with Crippen LogP contribution in [0.25, 0.3) is 0 Å². The van der Waals surface area contributed by atoms with Gasteiger partial charge in [-0.2, -0.15) is 0 Å². The summed E-state index contributed by atoms with van der Waals surface area (Å²) >= 11 is 0. The first-order valence-electron chi connectivity index (χ1n) is 7.72. The molecule has 0 N–H and O–H groups in total. The van der Waals surface area contributed by atoms with E-state index in [1.807, 2.05) is 0 Å². The molecule has 3 rings (SSSR count). The molecule has 1 heterocycles. The number of ether oxygens (including phenoxy) is 1. The average Bonchev–Trinajstić information content (AvgIpc) is 2.93. The fraction of sp³-hybridized carbons (Fsp3) is 0.368. The molecular formula is C19H23NO. The molecule has 0 amide bonds. The van der Waals surface area contributed by atoms with Crippen molar-refractivity contribution < 1.29 is 4.74 Å². The second-order valence-corrected chi connectivity index (χ2v) is 6.07. The summed E-state index contributed by atoms with van der Waals surface area (Å²) in [4.78, 5) is 2.50. The maximum absolute atomic E-state index is 6.12. The summed E-state index contributed by atoms with van der Waals surface area (Å²) in [5.41, 5.74) is 2.59. The molecule has 0 aromatic heterocycles. The van der Waals surface area contributed by atoms with Gasteiger partial charge in [0, 0.05) is 12.6 Å². The largest absolute Gasteiger partial charge is 0.357 e. The predicted molar refractivity (Wildman–Crippen MR) is 85.7 cm³/mol. The average molecular weight is 281 g/mol. The molecule has 2 aromatic carbocycles. The van der Waals surface area contributed by atoms with Gasteiger partial charge in [0.05, 0.1) is 6.61 Å². The molecule has 2 nitrogen and oxygen atoms in total. The highest BCUT2D eigenvalue weighted by Gasteiger charge is 2.36. The highest BCUT2D eigenvalue weighted by molar-refractivity contribution is 5.20. The van der Waals surface area contributed by atoms with E-state index in [0.29, 0.717) is 12.0 Å². The van der Waals surface area contributed by atoms with Crippen molar-refractivity contribution in [2.24, 2.45) is 5.92 Å². The van der Waals surface area contributed by atoms with Gasteiger partial charge < -0.3 is 4.74 Å². The van der Waals surface area contributed by atoms with Gasteiger partial charge in [0.2, 0.25) is 0 Å². The van der Waals surface area contributed by atoms with Crippen LogP contribution >= 0.6 is 0 Å². The lowest BCUT2D eigenvalue weighted by molar-refractivity contribution is 0.0223. The maximum atomic E-state index is 6.12. The standard InChI is InChI=1S/C19H23NO/c1-15(2)18-14-21-19(17-11-7-4-8-12-17)20(18)13-16-9-5-3-6-10-16/h3-12,15,18-19H,13-14H2,1-2H3/t18-,19?/m0/s1. The van der Waals surface area contributed by atoms with Crippen LogP contribution < -0.4 is 0 Å². The highest BCUT2D eigenvalue weighted by Crippen LogP contribution is 2.34. The van der Waals surface area contributed by atoms with Crippen LogP contribution in [-0.4, -0.2) is 17.5 Å². The zero-order valence-electron chi connectivity index (χ0n) is 12.8. The lowest BCUT2D eigenvalue weighted by Gasteiger charge is -2.30. The summed E-state index contributed by atoms with van der Waals surface area (Å²) in [6.45, 7) is 6.30. The Hall–Kier alpha value is -1.64. The minimum atomic E-state index is 0.0683. The summed E-state index contributed by atoms with van der Waals surface area (Å²) in [5.74, 6) is 0.586. The molecule has 110 valence electrons. The van der Waals surface area contributed by atoms with Gasteiger partial charge in [-0.05, 0) is 17.0 Å². The smallest absolute Gasteiger partial charge is 0.137 e. The molecule has 0 radical (unpaired) electrons. The van der Waals surface area contributed by atoms with Crippen molar-refractivity contribution in [1.29, 1.82) is 0 Å². The normalized spacial score (nSPS) is 22.8. The van der Waals surface area contributed by atoms with Gasteiger partial charge in [-0.15, -0.1) is 0 Å². The summed E-state index contributed by atoms with van der Waals surface area (Å²) in [6.07, 6.45) is 0.0683. The van der Waals surface area contributed by atoms with Crippen molar-refractivity contribution >= 4 is 0 Å². The van der Waals surface area contributed by atoms with E-state index in [-0.39, 0.29) is 6.23 Å². The third-order valence-corrected chi connectivity index (χ3v) is 4.21. The second-order valence-electron chi connectivity index (χ2n) is 6.07. The number of hydrogen-bond donors (Lipinski definition) is 0. The van der Waals surface area contributed by atoms with Crippen LogP contribution in [0.3, 0.4) is 0 Å². The van der Waals surface area contributed by atoms with Crippen molar-refractivity contribution in [3.8, 4) is 0 Å². The topological polar surface area (TPSA) is 12.5 Å². The van der Waals surface area contributed by atoms with Gasteiger partial charge in [-0.1, -0.05) is 74.5 Å². The predicted octanol–water partition coefficient (Wildman–Crippen LogP) is 4.24. The summed E-state index contributed by atoms with van der Waals surface area (Å²) < 4.78 is 6.12. The van der Waals surface area contributed by atoms with Gasteiger partial charge in [0.15, 0.2) is 0 Å². The van der Waals surface area contributed by atoms with E-state index in [2.05, 4.69) is 79.4 Å². The zero-order valence-corrected chi connectivity index (χ0v) is 12.8. The molecule has 0 aliphatic carbocycles. The monoisotopic (exact) mass is 281 g/mol. The Balaban J connectivity index is 1.86. The Morgan fingerprint density at radius 3 is 2.24 bits per heavy atom. The molecule has 1 aliphatic rings. The number of benzene rings is 2. The quantitative estimate of drug-likeness (QED) is 0.831. The molecule has 1 saturated heterocycles. The van der Waals surface area contributed by atoms with Crippen LogP contribution in [0, 0.1) is 5.92 Å². The Labute approximate surface area is 127 Å². The van der Waals surface area contributed by atoms with Gasteiger partial charge in [0.25, 0.3) is 0 Å². The SMILES string of the molecule is CC(C)[C@@H]1COC(c2ccccc2)N1Cc1ccccc1. The van der Waals surface area contributed by atoms with E-state index >= 15 is 0 Å². The second kappa shape index (κ2) is 6.42. The first-order chi connectivity index (χ1) is 10.3. The summed E-state index contributed by atoms with van der Waals surface area (Å²) in [7, 11) is 0. The Kier molecular flexibility index (Phi) is 4.37. The van der Waals surface area contributed by atoms with Crippen LogP contribution in [0.1, 0.15) is 31.2 Å². The van der Waals surface area contributed by atoms with Crippen molar-refractivity contribution in [2.45, 2.75) is 32.7 Å². The number of nitrogens with zero attached hydrogens (tertiary/aromatic N) is 1. The fourth-order valence-electron chi connectivity index (χ4n) is 3.03. The molecule has 1 fully saturated rings. The molecule has 2 heteroatoms. The summed E-state index contributed by atoms with van der Waals surface area (Å²) in [6, 6.07) is 21.7. The molecular weight excluding hydrogens is 258 g/mol. The third-order valence-electron chi connectivity index (χ3n) is 4.21. The molecule has 21 heavy (non-hydrogen) atoms.